The second-order valence-corrected chi connectivity index (χ2v) is 7.22. The molecule has 0 aliphatic heterocycles. The second kappa shape index (κ2) is 7.91. The number of carbonyl (C=O) groups is 2. The average molecular weight is 392 g/mol. The van der Waals surface area contributed by atoms with Gasteiger partial charge in [-0.3, -0.25) is 9.59 Å². The predicted octanol–water partition coefficient (Wildman–Crippen LogP) is 4.78. The number of halogens is 1. The van der Waals surface area contributed by atoms with Crippen LogP contribution >= 0.6 is 0 Å². The third-order valence-corrected chi connectivity index (χ3v) is 5.02. The molecule has 1 aliphatic carbocycles. The van der Waals surface area contributed by atoms with Gasteiger partial charge in [-0.15, -0.1) is 0 Å². The summed E-state index contributed by atoms with van der Waals surface area (Å²) >= 11 is 0. The summed E-state index contributed by atoms with van der Waals surface area (Å²) in [6.07, 6.45) is 3.25. The highest BCUT2D eigenvalue weighted by Crippen LogP contribution is 2.31. The molecule has 1 aliphatic rings. The smallest absolute Gasteiger partial charge is 0.291 e. The molecule has 2 aromatic carbocycles. The Morgan fingerprint density at radius 2 is 1.93 bits per heavy atom. The first-order chi connectivity index (χ1) is 14.0. The molecule has 0 radical (unpaired) electrons. The number of benzene rings is 2. The fraction of sp³-hybridized carbons (Fsp3) is 0.217. The van der Waals surface area contributed by atoms with Gasteiger partial charge in [-0.2, -0.15) is 0 Å². The van der Waals surface area contributed by atoms with Crippen molar-refractivity contribution in [3.05, 3.63) is 89.1 Å². The lowest BCUT2D eigenvalue weighted by Crippen LogP contribution is -2.33. The van der Waals surface area contributed by atoms with Crippen molar-refractivity contribution in [2.24, 2.45) is 0 Å². The van der Waals surface area contributed by atoms with Gasteiger partial charge in [0, 0.05) is 29.4 Å². The largest absolute Gasteiger partial charge is 0.459 e. The molecule has 0 atom stereocenters. The summed E-state index contributed by atoms with van der Waals surface area (Å²) in [5.41, 5.74) is 2.31. The zero-order valence-corrected chi connectivity index (χ0v) is 16.0. The molecule has 3 aromatic rings. The molecule has 29 heavy (non-hydrogen) atoms. The Kier molecular flexibility index (Phi) is 5.16. The van der Waals surface area contributed by atoms with E-state index in [1.807, 2.05) is 6.92 Å². The van der Waals surface area contributed by atoms with Crippen molar-refractivity contribution in [2.75, 3.05) is 5.32 Å². The van der Waals surface area contributed by atoms with Gasteiger partial charge in [0.25, 0.3) is 11.8 Å². The normalized spacial score (nSPS) is 13.2. The van der Waals surface area contributed by atoms with Gasteiger partial charge in [0.1, 0.15) is 5.82 Å². The van der Waals surface area contributed by atoms with E-state index in [9.17, 15) is 14.0 Å². The van der Waals surface area contributed by atoms with Crippen LogP contribution in [0, 0.1) is 12.7 Å². The van der Waals surface area contributed by atoms with Crippen molar-refractivity contribution in [3.8, 4) is 0 Å². The topological polar surface area (TPSA) is 62.6 Å². The standard InChI is InChI=1S/C23H21FN2O3/c1-15-8-9-16(13-20(15)25-22(27)21-7-4-12-29-21)23(28)26(18-10-11-18)14-17-5-2-3-6-19(17)24/h2-9,12-13,18H,10-11,14H2,1H3,(H,25,27). The first-order valence-electron chi connectivity index (χ1n) is 9.53. The van der Waals surface area contributed by atoms with Crippen LogP contribution in [-0.4, -0.2) is 22.8 Å². The Morgan fingerprint density at radius 3 is 2.62 bits per heavy atom. The number of nitrogens with zero attached hydrogens (tertiary/aromatic N) is 1. The van der Waals surface area contributed by atoms with Crippen LogP contribution in [-0.2, 0) is 6.54 Å². The minimum atomic E-state index is -0.381. The molecule has 1 aromatic heterocycles. The zero-order valence-electron chi connectivity index (χ0n) is 16.0. The van der Waals surface area contributed by atoms with E-state index in [1.54, 1.807) is 53.4 Å². The summed E-state index contributed by atoms with van der Waals surface area (Å²) in [5, 5.41) is 2.79. The molecular weight excluding hydrogens is 371 g/mol. The van der Waals surface area contributed by atoms with Crippen molar-refractivity contribution in [1.82, 2.24) is 4.90 Å². The summed E-state index contributed by atoms with van der Waals surface area (Å²) in [4.78, 5) is 27.2. The van der Waals surface area contributed by atoms with E-state index in [-0.39, 0.29) is 36.0 Å². The maximum Gasteiger partial charge on any atom is 0.291 e. The first-order valence-corrected chi connectivity index (χ1v) is 9.53. The molecule has 6 heteroatoms. The molecule has 0 unspecified atom stereocenters. The maximum absolute atomic E-state index is 14.1. The Labute approximate surface area is 168 Å². The minimum absolute atomic E-state index is 0.115. The van der Waals surface area contributed by atoms with Crippen molar-refractivity contribution in [3.63, 3.8) is 0 Å². The van der Waals surface area contributed by atoms with Crippen LogP contribution in [0.25, 0.3) is 0 Å². The van der Waals surface area contributed by atoms with Gasteiger partial charge in [-0.25, -0.2) is 4.39 Å². The van der Waals surface area contributed by atoms with Crippen molar-refractivity contribution >= 4 is 17.5 Å². The van der Waals surface area contributed by atoms with Crippen molar-refractivity contribution in [1.29, 1.82) is 0 Å². The molecule has 1 heterocycles. The summed E-state index contributed by atoms with van der Waals surface area (Å²) in [6.45, 7) is 2.07. The van der Waals surface area contributed by atoms with Crippen molar-refractivity contribution < 1.29 is 18.4 Å². The van der Waals surface area contributed by atoms with Gasteiger partial charge in [-0.05, 0) is 55.7 Å². The van der Waals surface area contributed by atoms with Gasteiger partial charge >= 0.3 is 0 Å². The lowest BCUT2D eigenvalue weighted by molar-refractivity contribution is 0.0728. The quantitative estimate of drug-likeness (QED) is 0.656. The average Bonchev–Trinajstić information content (AvgIpc) is 3.40. The molecule has 0 bridgehead atoms. The highest BCUT2D eigenvalue weighted by atomic mass is 19.1. The number of rotatable bonds is 6. The molecule has 1 fully saturated rings. The van der Waals surface area contributed by atoms with Gasteiger partial charge in [0.15, 0.2) is 5.76 Å². The van der Waals surface area contributed by atoms with Crippen molar-refractivity contribution in [2.45, 2.75) is 32.4 Å². The van der Waals surface area contributed by atoms with Gasteiger partial charge in [0.2, 0.25) is 0 Å². The van der Waals surface area contributed by atoms with Crippen LogP contribution in [0.5, 0.6) is 0 Å². The monoisotopic (exact) mass is 392 g/mol. The van der Waals surface area contributed by atoms with E-state index in [0.717, 1.165) is 18.4 Å². The van der Waals surface area contributed by atoms with Crippen LogP contribution in [0.2, 0.25) is 0 Å². The van der Waals surface area contributed by atoms with E-state index in [2.05, 4.69) is 5.32 Å². The van der Waals surface area contributed by atoms with Crippen LogP contribution in [0.3, 0.4) is 0 Å². The lowest BCUT2D eigenvalue weighted by Gasteiger charge is -2.23. The molecule has 148 valence electrons. The Morgan fingerprint density at radius 1 is 1.14 bits per heavy atom. The van der Waals surface area contributed by atoms with Gasteiger partial charge in [-0.1, -0.05) is 24.3 Å². The molecule has 1 saturated carbocycles. The number of aryl methyl sites for hydroxylation is 1. The summed E-state index contributed by atoms with van der Waals surface area (Å²) in [7, 11) is 0. The third-order valence-electron chi connectivity index (χ3n) is 5.02. The number of furan rings is 1. The lowest BCUT2D eigenvalue weighted by atomic mass is 10.1. The van der Waals surface area contributed by atoms with Crippen LogP contribution < -0.4 is 5.32 Å². The van der Waals surface area contributed by atoms with E-state index in [1.165, 1.54) is 12.3 Å². The molecule has 0 saturated heterocycles. The SMILES string of the molecule is Cc1ccc(C(=O)N(Cc2ccccc2F)C2CC2)cc1NC(=O)c1ccco1. The van der Waals surface area contributed by atoms with Crippen LogP contribution in [0.1, 0.15) is 44.9 Å². The molecule has 1 N–H and O–H groups in total. The number of nitrogens with one attached hydrogen (secondary N) is 1. The van der Waals surface area contributed by atoms with Gasteiger partial charge in [0.05, 0.1) is 6.26 Å². The Bertz CT molecular complexity index is 1040. The highest BCUT2D eigenvalue weighted by Gasteiger charge is 2.33. The van der Waals surface area contributed by atoms with E-state index < -0.39 is 0 Å². The molecule has 2 amide bonds. The van der Waals surface area contributed by atoms with E-state index >= 15 is 0 Å². The van der Waals surface area contributed by atoms with E-state index in [0.29, 0.717) is 16.8 Å². The van der Waals surface area contributed by atoms with Crippen LogP contribution in [0.4, 0.5) is 10.1 Å². The fourth-order valence-corrected chi connectivity index (χ4v) is 3.21. The van der Waals surface area contributed by atoms with E-state index in [4.69, 9.17) is 4.42 Å². The molecular formula is C23H21FN2O3. The highest BCUT2D eigenvalue weighted by molar-refractivity contribution is 6.04. The zero-order chi connectivity index (χ0) is 20.4. The van der Waals surface area contributed by atoms with Gasteiger partial charge < -0.3 is 14.6 Å². The number of anilines is 1. The summed E-state index contributed by atoms with van der Waals surface area (Å²) < 4.78 is 19.2. The number of amides is 2. The molecule has 4 rings (SSSR count). The minimum Gasteiger partial charge on any atom is -0.459 e. The summed E-state index contributed by atoms with van der Waals surface area (Å²) in [6, 6.07) is 15.0. The second-order valence-electron chi connectivity index (χ2n) is 7.22. The number of hydrogen-bond donors (Lipinski definition) is 1. The Hall–Kier alpha value is -3.41. The number of hydrogen-bond acceptors (Lipinski definition) is 3. The maximum atomic E-state index is 14.1. The van der Waals surface area contributed by atoms with Crippen LogP contribution in [0.15, 0.2) is 65.3 Å². The first kappa shape index (κ1) is 18.9. The summed E-state index contributed by atoms with van der Waals surface area (Å²) in [5.74, 6) is -0.682. The predicted molar refractivity (Wildman–Crippen MR) is 107 cm³/mol. The molecule has 0 spiro atoms. The number of carbonyl (C=O) groups excluding carboxylic acids is 2. The fourth-order valence-electron chi connectivity index (χ4n) is 3.21. The third kappa shape index (κ3) is 4.21. The molecule has 5 nitrogen and oxygen atoms in total. The Balaban J connectivity index is 1.57.